The van der Waals surface area contributed by atoms with E-state index < -0.39 is 5.60 Å². The second-order valence-corrected chi connectivity index (χ2v) is 7.95. The molecule has 0 aromatic heterocycles. The Bertz CT molecular complexity index is 361. The number of nitrogens with zero attached hydrogens (tertiary/aromatic N) is 1. The Kier molecular flexibility index (Phi) is 6.68. The third-order valence-electron chi connectivity index (χ3n) is 4.56. The highest BCUT2D eigenvalue weighted by molar-refractivity contribution is 5.68. The van der Waals surface area contributed by atoms with Crippen LogP contribution >= 0.6 is 0 Å². The quantitative estimate of drug-likeness (QED) is 0.819. The van der Waals surface area contributed by atoms with Crippen LogP contribution in [0, 0.1) is 5.41 Å². The fourth-order valence-corrected chi connectivity index (χ4v) is 2.63. The molecule has 5 heteroatoms. The number of nitrogens with one attached hydrogen (secondary N) is 1. The van der Waals surface area contributed by atoms with Gasteiger partial charge in [0.05, 0.1) is 0 Å². The fourth-order valence-electron chi connectivity index (χ4n) is 2.63. The largest absolute Gasteiger partial charge is 0.444 e. The molecule has 3 atom stereocenters. The molecule has 3 unspecified atom stereocenters. The SMILES string of the molecule is CCC(C)(CO)CNC1CCN(C(=O)OC(C)(C)C)C(C)C1. The Balaban J connectivity index is 2.47. The number of likely N-dealkylation sites (tertiary alicyclic amines) is 1. The lowest BCUT2D eigenvalue weighted by molar-refractivity contribution is 0.00871. The molecule has 0 bridgehead atoms. The molecule has 1 saturated heterocycles. The fraction of sp³-hybridized carbons (Fsp3) is 0.941. The molecule has 0 aliphatic carbocycles. The standard InChI is InChI=1S/C17H34N2O3/c1-7-17(6,12-20)11-18-14-8-9-19(13(2)10-14)15(21)22-16(3,4)5/h13-14,18,20H,7-12H2,1-6H3. The third-order valence-corrected chi connectivity index (χ3v) is 4.56. The van der Waals surface area contributed by atoms with Gasteiger partial charge in [-0.3, -0.25) is 0 Å². The zero-order valence-electron chi connectivity index (χ0n) is 15.1. The summed E-state index contributed by atoms with van der Waals surface area (Å²) in [4.78, 5) is 14.0. The summed E-state index contributed by atoms with van der Waals surface area (Å²) < 4.78 is 5.47. The van der Waals surface area contributed by atoms with E-state index in [0.717, 1.165) is 32.4 Å². The minimum atomic E-state index is -0.448. The summed E-state index contributed by atoms with van der Waals surface area (Å²) in [6.45, 7) is 13.7. The molecular weight excluding hydrogens is 280 g/mol. The Labute approximate surface area is 135 Å². The van der Waals surface area contributed by atoms with Crippen LogP contribution < -0.4 is 5.32 Å². The predicted molar refractivity (Wildman–Crippen MR) is 88.9 cm³/mol. The maximum Gasteiger partial charge on any atom is 0.410 e. The van der Waals surface area contributed by atoms with Crippen molar-refractivity contribution in [2.75, 3.05) is 19.7 Å². The van der Waals surface area contributed by atoms with E-state index >= 15 is 0 Å². The average molecular weight is 314 g/mol. The number of hydrogen-bond donors (Lipinski definition) is 2. The van der Waals surface area contributed by atoms with Crippen LogP contribution in [0.2, 0.25) is 0 Å². The number of ether oxygens (including phenoxy) is 1. The molecule has 1 aliphatic heterocycles. The average Bonchev–Trinajstić information content (AvgIpc) is 2.43. The summed E-state index contributed by atoms with van der Waals surface area (Å²) >= 11 is 0. The van der Waals surface area contributed by atoms with Gasteiger partial charge in [0.1, 0.15) is 5.60 Å². The van der Waals surface area contributed by atoms with E-state index in [1.54, 1.807) is 0 Å². The predicted octanol–water partition coefficient (Wildman–Crippen LogP) is 2.77. The Hall–Kier alpha value is -0.810. The number of aliphatic hydroxyl groups is 1. The minimum Gasteiger partial charge on any atom is -0.444 e. The van der Waals surface area contributed by atoms with Crippen LogP contribution in [0.1, 0.15) is 60.8 Å². The van der Waals surface area contributed by atoms with E-state index in [-0.39, 0.29) is 24.2 Å². The van der Waals surface area contributed by atoms with Crippen LogP contribution in [-0.4, -0.2) is 53.5 Å². The number of aliphatic hydroxyl groups excluding tert-OH is 1. The van der Waals surface area contributed by atoms with E-state index in [0.29, 0.717) is 6.04 Å². The monoisotopic (exact) mass is 314 g/mol. The van der Waals surface area contributed by atoms with E-state index in [4.69, 9.17) is 4.74 Å². The lowest BCUT2D eigenvalue weighted by Crippen LogP contribution is -2.52. The highest BCUT2D eigenvalue weighted by Crippen LogP contribution is 2.23. The van der Waals surface area contributed by atoms with Crippen molar-refractivity contribution in [2.24, 2.45) is 5.41 Å². The first-order valence-corrected chi connectivity index (χ1v) is 8.44. The van der Waals surface area contributed by atoms with Crippen molar-refractivity contribution in [3.8, 4) is 0 Å². The van der Waals surface area contributed by atoms with Gasteiger partial charge in [0.25, 0.3) is 0 Å². The molecule has 5 nitrogen and oxygen atoms in total. The smallest absolute Gasteiger partial charge is 0.410 e. The Morgan fingerprint density at radius 2 is 2.00 bits per heavy atom. The summed E-state index contributed by atoms with van der Waals surface area (Å²) in [6, 6.07) is 0.564. The van der Waals surface area contributed by atoms with Gasteiger partial charge in [-0.2, -0.15) is 0 Å². The van der Waals surface area contributed by atoms with Gasteiger partial charge in [0.2, 0.25) is 0 Å². The summed E-state index contributed by atoms with van der Waals surface area (Å²) in [6.07, 6.45) is 2.58. The zero-order chi connectivity index (χ0) is 17.0. The van der Waals surface area contributed by atoms with Crippen LogP contribution in [0.4, 0.5) is 4.79 Å². The maximum absolute atomic E-state index is 12.2. The van der Waals surface area contributed by atoms with Gasteiger partial charge >= 0.3 is 6.09 Å². The van der Waals surface area contributed by atoms with Crippen molar-refractivity contribution in [2.45, 2.75) is 78.5 Å². The van der Waals surface area contributed by atoms with Gasteiger partial charge in [-0.15, -0.1) is 0 Å². The molecule has 22 heavy (non-hydrogen) atoms. The van der Waals surface area contributed by atoms with E-state index in [1.807, 2.05) is 25.7 Å². The maximum atomic E-state index is 12.2. The summed E-state index contributed by atoms with van der Waals surface area (Å²) in [5.74, 6) is 0. The summed E-state index contributed by atoms with van der Waals surface area (Å²) in [5.41, 5.74) is -0.512. The zero-order valence-corrected chi connectivity index (χ0v) is 15.1. The van der Waals surface area contributed by atoms with Gasteiger partial charge in [-0.25, -0.2) is 4.79 Å². The van der Waals surface area contributed by atoms with Crippen LogP contribution in [-0.2, 0) is 4.74 Å². The minimum absolute atomic E-state index is 0.0640. The van der Waals surface area contributed by atoms with Gasteiger partial charge in [0.15, 0.2) is 0 Å². The number of carbonyl (C=O) groups is 1. The molecule has 1 aliphatic rings. The van der Waals surface area contributed by atoms with E-state index in [1.165, 1.54) is 0 Å². The number of hydrogen-bond acceptors (Lipinski definition) is 4. The van der Waals surface area contributed by atoms with Crippen molar-refractivity contribution in [3.05, 3.63) is 0 Å². The number of amides is 1. The number of rotatable bonds is 5. The lowest BCUT2D eigenvalue weighted by atomic mass is 9.87. The van der Waals surface area contributed by atoms with Crippen LogP contribution in [0.5, 0.6) is 0 Å². The highest BCUT2D eigenvalue weighted by Gasteiger charge is 2.32. The molecule has 2 N–H and O–H groups in total. The summed E-state index contributed by atoms with van der Waals surface area (Å²) in [7, 11) is 0. The molecule has 0 saturated carbocycles. The van der Waals surface area contributed by atoms with Gasteiger partial charge in [-0.1, -0.05) is 13.8 Å². The highest BCUT2D eigenvalue weighted by atomic mass is 16.6. The third kappa shape index (κ3) is 5.76. The topological polar surface area (TPSA) is 61.8 Å². The molecule has 1 rings (SSSR count). The summed E-state index contributed by atoms with van der Waals surface area (Å²) in [5, 5.41) is 13.0. The second-order valence-electron chi connectivity index (χ2n) is 7.95. The first-order valence-electron chi connectivity index (χ1n) is 8.44. The van der Waals surface area contributed by atoms with E-state index in [2.05, 4.69) is 26.1 Å². The van der Waals surface area contributed by atoms with Gasteiger partial charge in [-0.05, 0) is 47.0 Å². The Morgan fingerprint density at radius 3 is 2.45 bits per heavy atom. The van der Waals surface area contributed by atoms with Crippen molar-refractivity contribution >= 4 is 6.09 Å². The van der Waals surface area contributed by atoms with Gasteiger partial charge < -0.3 is 20.1 Å². The molecular formula is C17H34N2O3. The van der Waals surface area contributed by atoms with Crippen molar-refractivity contribution in [1.29, 1.82) is 0 Å². The first-order chi connectivity index (χ1) is 10.1. The van der Waals surface area contributed by atoms with Crippen molar-refractivity contribution in [3.63, 3.8) is 0 Å². The molecule has 0 radical (unpaired) electrons. The number of carbonyl (C=O) groups excluding carboxylic acids is 1. The molecule has 1 amide bonds. The molecule has 130 valence electrons. The molecule has 1 heterocycles. The van der Waals surface area contributed by atoms with Crippen LogP contribution in [0.25, 0.3) is 0 Å². The van der Waals surface area contributed by atoms with Crippen LogP contribution in [0.15, 0.2) is 0 Å². The molecule has 0 aromatic carbocycles. The second kappa shape index (κ2) is 7.64. The normalized spacial score (nSPS) is 25.7. The van der Waals surface area contributed by atoms with Crippen molar-refractivity contribution < 1.29 is 14.6 Å². The molecule has 0 aromatic rings. The number of piperidine rings is 1. The molecule has 1 fully saturated rings. The van der Waals surface area contributed by atoms with Gasteiger partial charge in [0, 0.05) is 37.2 Å². The first kappa shape index (κ1) is 19.2. The Morgan fingerprint density at radius 1 is 1.36 bits per heavy atom. The van der Waals surface area contributed by atoms with Crippen molar-refractivity contribution in [1.82, 2.24) is 10.2 Å². The molecule has 0 spiro atoms. The van der Waals surface area contributed by atoms with Crippen LogP contribution in [0.3, 0.4) is 0 Å². The lowest BCUT2D eigenvalue weighted by Gasteiger charge is -2.39. The van der Waals surface area contributed by atoms with E-state index in [9.17, 15) is 9.90 Å².